The minimum atomic E-state index is -1.78. The highest BCUT2D eigenvalue weighted by Gasteiger charge is 2.30. The van der Waals surface area contributed by atoms with E-state index in [0.717, 1.165) is 25.7 Å². The van der Waals surface area contributed by atoms with Gasteiger partial charge in [-0.05, 0) is 12.8 Å². The zero-order valence-electron chi connectivity index (χ0n) is 9.01. The second-order valence-electron chi connectivity index (χ2n) is 4.21. The number of esters is 1. The van der Waals surface area contributed by atoms with Crippen LogP contribution in [0.1, 0.15) is 52.4 Å². The molecule has 0 bridgehead atoms. The first-order valence-corrected chi connectivity index (χ1v) is 5.47. The van der Waals surface area contributed by atoms with Crippen molar-refractivity contribution in [1.82, 2.24) is 0 Å². The Bertz CT molecular complexity index is 195. The van der Waals surface area contributed by atoms with E-state index in [-0.39, 0.29) is 18.3 Å². The quantitative estimate of drug-likeness (QED) is 0.657. The zero-order chi connectivity index (χ0) is 10.6. The molecule has 0 aromatic rings. The summed E-state index contributed by atoms with van der Waals surface area (Å²) in [6, 6.07) is 0. The number of alkyl halides is 1. The molecule has 1 unspecified atom stereocenters. The molecule has 1 aliphatic carbocycles. The van der Waals surface area contributed by atoms with Crippen LogP contribution in [0.5, 0.6) is 0 Å². The number of halogens is 1. The molecule has 0 heterocycles. The Balaban J connectivity index is 2.40. The molecule has 1 saturated carbocycles. The molecule has 0 radical (unpaired) electrons. The van der Waals surface area contributed by atoms with Crippen LogP contribution in [0.2, 0.25) is 0 Å². The largest absolute Gasteiger partial charge is 0.429 e. The maximum atomic E-state index is 13.4. The Kier molecular flexibility index (Phi) is 3.90. The van der Waals surface area contributed by atoms with E-state index in [1.54, 1.807) is 6.92 Å². The summed E-state index contributed by atoms with van der Waals surface area (Å²) in [6.07, 6.45) is 5.25. The molecular formula is C11H19FO2. The molecule has 3 heteroatoms. The standard InChI is InChI=1S/C11H19FO2/c1-3-11(2,12)14-10(13)9-7-5-4-6-8-9/h9H,3-8H2,1-2H3. The van der Waals surface area contributed by atoms with Gasteiger partial charge in [-0.2, -0.15) is 4.39 Å². The smallest absolute Gasteiger partial charge is 0.311 e. The van der Waals surface area contributed by atoms with Crippen LogP contribution in [-0.2, 0) is 9.53 Å². The van der Waals surface area contributed by atoms with E-state index in [2.05, 4.69) is 0 Å². The van der Waals surface area contributed by atoms with Gasteiger partial charge in [0.2, 0.25) is 5.85 Å². The summed E-state index contributed by atoms with van der Waals surface area (Å²) < 4.78 is 18.2. The molecule has 14 heavy (non-hydrogen) atoms. The normalized spacial score (nSPS) is 22.8. The van der Waals surface area contributed by atoms with E-state index >= 15 is 0 Å². The fraction of sp³-hybridized carbons (Fsp3) is 0.909. The fourth-order valence-corrected chi connectivity index (χ4v) is 1.70. The predicted molar refractivity (Wildman–Crippen MR) is 52.5 cm³/mol. The lowest BCUT2D eigenvalue weighted by Gasteiger charge is -2.25. The van der Waals surface area contributed by atoms with Crippen molar-refractivity contribution < 1.29 is 13.9 Å². The van der Waals surface area contributed by atoms with Gasteiger partial charge >= 0.3 is 5.97 Å². The van der Waals surface area contributed by atoms with E-state index in [1.807, 2.05) is 0 Å². The Morgan fingerprint density at radius 1 is 1.43 bits per heavy atom. The van der Waals surface area contributed by atoms with E-state index in [9.17, 15) is 9.18 Å². The monoisotopic (exact) mass is 202 g/mol. The Morgan fingerprint density at radius 2 is 2.00 bits per heavy atom. The molecule has 0 aromatic carbocycles. The van der Waals surface area contributed by atoms with Crippen LogP contribution in [0.15, 0.2) is 0 Å². The van der Waals surface area contributed by atoms with Gasteiger partial charge in [0.1, 0.15) is 0 Å². The van der Waals surface area contributed by atoms with Gasteiger partial charge in [0.15, 0.2) is 0 Å². The maximum Gasteiger partial charge on any atom is 0.311 e. The summed E-state index contributed by atoms with van der Waals surface area (Å²) in [6.45, 7) is 2.99. The van der Waals surface area contributed by atoms with E-state index < -0.39 is 5.85 Å². The van der Waals surface area contributed by atoms with Crippen LogP contribution < -0.4 is 0 Å². The van der Waals surface area contributed by atoms with Crippen molar-refractivity contribution >= 4 is 5.97 Å². The van der Waals surface area contributed by atoms with Gasteiger partial charge in [0, 0.05) is 13.3 Å². The molecule has 0 amide bonds. The molecule has 0 N–H and O–H groups in total. The second-order valence-corrected chi connectivity index (χ2v) is 4.21. The third-order valence-electron chi connectivity index (χ3n) is 2.88. The fourth-order valence-electron chi connectivity index (χ4n) is 1.70. The van der Waals surface area contributed by atoms with Crippen LogP contribution in [0, 0.1) is 5.92 Å². The SMILES string of the molecule is CCC(C)(F)OC(=O)C1CCCCC1. The predicted octanol–water partition coefficient (Wildman–Crippen LogP) is 3.21. The van der Waals surface area contributed by atoms with Crippen molar-refractivity contribution in [2.24, 2.45) is 5.92 Å². The van der Waals surface area contributed by atoms with Crippen molar-refractivity contribution in [2.45, 2.75) is 58.2 Å². The highest BCUT2D eigenvalue weighted by Crippen LogP contribution is 2.27. The van der Waals surface area contributed by atoms with Crippen molar-refractivity contribution in [2.75, 3.05) is 0 Å². The van der Waals surface area contributed by atoms with Crippen LogP contribution >= 0.6 is 0 Å². The van der Waals surface area contributed by atoms with Crippen LogP contribution in [0.3, 0.4) is 0 Å². The first kappa shape index (κ1) is 11.5. The van der Waals surface area contributed by atoms with Gasteiger partial charge in [-0.1, -0.05) is 26.2 Å². The Morgan fingerprint density at radius 3 is 2.50 bits per heavy atom. The molecule has 82 valence electrons. The lowest BCUT2D eigenvalue weighted by molar-refractivity contribution is -0.184. The maximum absolute atomic E-state index is 13.4. The van der Waals surface area contributed by atoms with Crippen molar-refractivity contribution in [1.29, 1.82) is 0 Å². The third-order valence-corrected chi connectivity index (χ3v) is 2.88. The van der Waals surface area contributed by atoms with Crippen molar-refractivity contribution in [3.63, 3.8) is 0 Å². The van der Waals surface area contributed by atoms with E-state index in [1.165, 1.54) is 13.3 Å². The molecule has 0 aliphatic heterocycles. The van der Waals surface area contributed by atoms with Crippen LogP contribution in [0.25, 0.3) is 0 Å². The summed E-state index contributed by atoms with van der Waals surface area (Å²) in [5.41, 5.74) is 0. The Labute approximate surface area is 84.8 Å². The first-order chi connectivity index (χ1) is 6.55. The zero-order valence-corrected chi connectivity index (χ0v) is 9.01. The molecule has 0 spiro atoms. The van der Waals surface area contributed by atoms with Gasteiger partial charge in [-0.3, -0.25) is 4.79 Å². The number of hydrogen-bond acceptors (Lipinski definition) is 2. The number of hydrogen-bond donors (Lipinski definition) is 0. The van der Waals surface area contributed by atoms with Crippen LogP contribution in [0.4, 0.5) is 4.39 Å². The Hall–Kier alpha value is -0.600. The molecule has 2 nitrogen and oxygen atoms in total. The van der Waals surface area contributed by atoms with Gasteiger partial charge < -0.3 is 4.74 Å². The lowest BCUT2D eigenvalue weighted by Crippen LogP contribution is -2.30. The second kappa shape index (κ2) is 4.76. The van der Waals surface area contributed by atoms with Gasteiger partial charge in [-0.15, -0.1) is 0 Å². The minimum Gasteiger partial charge on any atom is -0.429 e. The summed E-state index contributed by atoms with van der Waals surface area (Å²) in [5, 5.41) is 0. The molecular weight excluding hydrogens is 183 g/mol. The third kappa shape index (κ3) is 3.28. The number of rotatable bonds is 3. The summed E-state index contributed by atoms with van der Waals surface area (Å²) in [7, 11) is 0. The lowest BCUT2D eigenvalue weighted by atomic mass is 9.89. The molecule has 0 saturated heterocycles. The summed E-state index contributed by atoms with van der Waals surface area (Å²) >= 11 is 0. The van der Waals surface area contributed by atoms with Gasteiger partial charge in [-0.25, -0.2) is 0 Å². The first-order valence-electron chi connectivity index (χ1n) is 5.47. The number of carbonyl (C=O) groups excluding carboxylic acids is 1. The van der Waals surface area contributed by atoms with E-state index in [0.29, 0.717) is 0 Å². The van der Waals surface area contributed by atoms with Gasteiger partial charge in [0.05, 0.1) is 5.92 Å². The number of carbonyl (C=O) groups is 1. The topological polar surface area (TPSA) is 26.3 Å². The van der Waals surface area contributed by atoms with Crippen molar-refractivity contribution in [3.05, 3.63) is 0 Å². The molecule has 1 atom stereocenters. The molecule has 0 aromatic heterocycles. The molecule has 1 aliphatic rings. The highest BCUT2D eigenvalue weighted by atomic mass is 19.2. The van der Waals surface area contributed by atoms with Crippen LogP contribution in [-0.4, -0.2) is 11.8 Å². The summed E-state index contributed by atoms with van der Waals surface area (Å²) in [4.78, 5) is 11.5. The minimum absolute atomic E-state index is 0.0645. The van der Waals surface area contributed by atoms with Crippen molar-refractivity contribution in [3.8, 4) is 0 Å². The molecule has 1 rings (SSSR count). The number of ether oxygens (including phenoxy) is 1. The van der Waals surface area contributed by atoms with E-state index in [4.69, 9.17) is 4.74 Å². The average molecular weight is 202 g/mol. The highest BCUT2D eigenvalue weighted by molar-refractivity contribution is 5.72. The molecule has 1 fully saturated rings. The van der Waals surface area contributed by atoms with Gasteiger partial charge in [0.25, 0.3) is 0 Å². The average Bonchev–Trinajstić information content (AvgIpc) is 2.19. The summed E-state index contributed by atoms with van der Waals surface area (Å²) in [5.74, 6) is -2.20.